The molecule has 0 saturated carbocycles. The molecule has 1 aliphatic rings. The Morgan fingerprint density at radius 3 is 2.45 bits per heavy atom. The van der Waals surface area contributed by atoms with Crippen molar-refractivity contribution in [3.8, 4) is 0 Å². The molecule has 0 aliphatic carbocycles. The number of anilines is 1. The molecule has 8 nitrogen and oxygen atoms in total. The fourth-order valence-corrected chi connectivity index (χ4v) is 5.48. The topological polar surface area (TPSA) is 83.9 Å². The summed E-state index contributed by atoms with van der Waals surface area (Å²) in [4.78, 5) is 14.9. The van der Waals surface area contributed by atoms with Crippen LogP contribution in [0.2, 0.25) is 0 Å². The largest absolute Gasteiger partial charge is 0.383 e. The lowest BCUT2D eigenvalue weighted by Gasteiger charge is -2.33. The van der Waals surface area contributed by atoms with E-state index in [0.717, 1.165) is 28.7 Å². The Labute approximate surface area is 194 Å². The quantitative estimate of drug-likeness (QED) is 0.547. The van der Waals surface area contributed by atoms with E-state index in [9.17, 15) is 13.2 Å². The Kier molecular flexibility index (Phi) is 7.14. The molecule has 1 fully saturated rings. The van der Waals surface area contributed by atoms with Crippen LogP contribution in [0.3, 0.4) is 0 Å². The van der Waals surface area contributed by atoms with Crippen LogP contribution in [-0.2, 0) is 26.1 Å². The van der Waals surface area contributed by atoms with E-state index in [2.05, 4.69) is 9.88 Å². The summed E-state index contributed by atoms with van der Waals surface area (Å²) in [6.07, 6.45) is 2.01. The minimum Gasteiger partial charge on any atom is -0.383 e. The van der Waals surface area contributed by atoms with Crippen LogP contribution >= 0.6 is 0 Å². The van der Waals surface area contributed by atoms with Gasteiger partial charge in [0.05, 0.1) is 18.0 Å². The van der Waals surface area contributed by atoms with Crippen LogP contribution in [0.25, 0.3) is 10.9 Å². The fraction of sp³-hybridized carbons (Fsp3) is 0.375. The second kappa shape index (κ2) is 10.0. The number of aromatic nitrogens is 1. The minimum absolute atomic E-state index is 0.108. The highest BCUT2D eigenvalue weighted by Crippen LogP contribution is 2.21. The van der Waals surface area contributed by atoms with Crippen LogP contribution in [0, 0.1) is 6.92 Å². The van der Waals surface area contributed by atoms with Gasteiger partial charge in [0, 0.05) is 62.6 Å². The first kappa shape index (κ1) is 23.4. The van der Waals surface area contributed by atoms with Crippen molar-refractivity contribution in [2.75, 3.05) is 51.8 Å². The summed E-state index contributed by atoms with van der Waals surface area (Å²) >= 11 is 0. The van der Waals surface area contributed by atoms with Crippen LogP contribution in [0.5, 0.6) is 0 Å². The summed E-state index contributed by atoms with van der Waals surface area (Å²) in [5.41, 5.74) is 2.86. The number of hydrogen-bond acceptors (Lipinski definition) is 5. The second-order valence-corrected chi connectivity index (χ2v) is 10.3. The highest BCUT2D eigenvalue weighted by Gasteiger charge is 2.29. The van der Waals surface area contributed by atoms with Crippen molar-refractivity contribution in [1.29, 1.82) is 0 Å². The molecule has 2 aromatic carbocycles. The van der Waals surface area contributed by atoms with Crippen molar-refractivity contribution in [3.05, 3.63) is 60.3 Å². The molecule has 0 unspecified atom stereocenters. The number of ether oxygens (including phenoxy) is 1. The van der Waals surface area contributed by atoms with Crippen molar-refractivity contribution in [1.82, 2.24) is 13.8 Å². The highest BCUT2D eigenvalue weighted by atomic mass is 32.2. The van der Waals surface area contributed by atoms with Crippen LogP contribution in [0.1, 0.15) is 5.56 Å². The number of carbonyl (C=O) groups is 1. The molecular formula is C24H30N4O4S. The Balaban J connectivity index is 1.31. The van der Waals surface area contributed by atoms with E-state index in [-0.39, 0.29) is 12.5 Å². The zero-order valence-corrected chi connectivity index (χ0v) is 19.8. The van der Waals surface area contributed by atoms with Gasteiger partial charge in [-0.15, -0.1) is 0 Å². The van der Waals surface area contributed by atoms with E-state index in [1.165, 1.54) is 4.31 Å². The molecule has 1 aliphatic heterocycles. The summed E-state index contributed by atoms with van der Waals surface area (Å²) in [6, 6.07) is 14.8. The second-order valence-electron chi connectivity index (χ2n) is 8.32. The third kappa shape index (κ3) is 5.44. The van der Waals surface area contributed by atoms with Crippen LogP contribution in [0.4, 0.5) is 5.69 Å². The fourth-order valence-electron chi connectivity index (χ4n) is 4.05. The zero-order valence-electron chi connectivity index (χ0n) is 19.0. The van der Waals surface area contributed by atoms with E-state index in [0.29, 0.717) is 37.7 Å². The van der Waals surface area contributed by atoms with Crippen molar-refractivity contribution < 1.29 is 17.9 Å². The normalized spacial score (nSPS) is 15.7. The van der Waals surface area contributed by atoms with Crippen molar-refractivity contribution in [3.63, 3.8) is 0 Å². The zero-order chi connectivity index (χ0) is 23.4. The van der Waals surface area contributed by atoms with E-state index >= 15 is 0 Å². The summed E-state index contributed by atoms with van der Waals surface area (Å²) in [5.74, 6) is -0.108. The molecule has 1 N–H and O–H groups in total. The Bertz CT molecular complexity index is 1210. The lowest BCUT2D eigenvalue weighted by atomic mass is 10.2. The maximum Gasteiger partial charge on any atom is 0.243 e. The summed E-state index contributed by atoms with van der Waals surface area (Å²) in [7, 11) is -1.83. The van der Waals surface area contributed by atoms with Crippen molar-refractivity contribution in [2.45, 2.75) is 18.4 Å². The van der Waals surface area contributed by atoms with Crippen molar-refractivity contribution in [2.24, 2.45) is 0 Å². The highest BCUT2D eigenvalue weighted by molar-refractivity contribution is 7.89. The summed E-state index contributed by atoms with van der Waals surface area (Å²) < 4.78 is 34.5. The van der Waals surface area contributed by atoms with E-state index in [4.69, 9.17) is 4.74 Å². The number of rotatable bonds is 8. The molecule has 176 valence electrons. The number of nitrogens with zero attached hydrogens (tertiary/aromatic N) is 3. The summed E-state index contributed by atoms with van der Waals surface area (Å²) in [6.45, 7) is 5.33. The van der Waals surface area contributed by atoms with Crippen molar-refractivity contribution >= 4 is 32.5 Å². The first-order valence-electron chi connectivity index (χ1n) is 11.0. The number of hydrogen-bond donors (Lipinski definition) is 1. The smallest absolute Gasteiger partial charge is 0.243 e. The van der Waals surface area contributed by atoms with Gasteiger partial charge < -0.3 is 14.6 Å². The van der Waals surface area contributed by atoms with Gasteiger partial charge in [-0.2, -0.15) is 4.31 Å². The van der Waals surface area contributed by atoms with Gasteiger partial charge in [-0.05, 0) is 43.3 Å². The molecule has 1 aromatic heterocycles. The number of sulfonamides is 1. The van der Waals surface area contributed by atoms with E-state index in [1.54, 1.807) is 31.4 Å². The maximum atomic E-state index is 12.9. The predicted molar refractivity (Wildman–Crippen MR) is 129 cm³/mol. The number of methoxy groups -OCH3 is 1. The lowest BCUT2D eigenvalue weighted by molar-refractivity contribution is -0.117. The van der Waals surface area contributed by atoms with Gasteiger partial charge in [0.15, 0.2) is 0 Å². The van der Waals surface area contributed by atoms with Gasteiger partial charge in [-0.3, -0.25) is 9.69 Å². The maximum absolute atomic E-state index is 12.9. The molecule has 2 heterocycles. The molecule has 33 heavy (non-hydrogen) atoms. The number of nitrogens with one attached hydrogen (secondary N) is 1. The number of piperazine rings is 1. The number of benzene rings is 2. The molecule has 3 aromatic rings. The minimum atomic E-state index is -3.51. The van der Waals surface area contributed by atoms with E-state index in [1.807, 2.05) is 42.3 Å². The van der Waals surface area contributed by atoms with Crippen LogP contribution < -0.4 is 5.32 Å². The van der Waals surface area contributed by atoms with Gasteiger partial charge in [0.1, 0.15) is 0 Å². The SMILES string of the molecule is COCCn1ccc2cc(NC(=O)CN3CCN(S(=O)(=O)c4ccc(C)cc4)CC3)ccc21. The molecule has 0 spiro atoms. The average Bonchev–Trinajstić information content (AvgIpc) is 3.20. The van der Waals surface area contributed by atoms with E-state index < -0.39 is 10.0 Å². The molecule has 9 heteroatoms. The molecule has 1 amide bonds. The molecule has 0 atom stereocenters. The van der Waals surface area contributed by atoms with Gasteiger partial charge in [0.2, 0.25) is 15.9 Å². The summed E-state index contributed by atoms with van der Waals surface area (Å²) in [5, 5.41) is 4.01. The molecule has 4 rings (SSSR count). The molecule has 0 radical (unpaired) electrons. The lowest BCUT2D eigenvalue weighted by Crippen LogP contribution is -2.50. The third-order valence-corrected chi connectivity index (χ3v) is 7.86. The number of aryl methyl sites for hydroxylation is 1. The number of fused-ring (bicyclic) bond motifs is 1. The van der Waals surface area contributed by atoms with Crippen LogP contribution in [-0.4, -0.2) is 74.5 Å². The standard InChI is InChI=1S/C24H30N4O4S/c1-19-3-6-22(7-4-19)33(30,31)28-13-11-26(12-14-28)18-24(29)25-21-5-8-23-20(17-21)9-10-27(23)15-16-32-2/h3-10,17H,11-16,18H2,1-2H3,(H,25,29). The number of amides is 1. The monoisotopic (exact) mass is 470 g/mol. The Hall–Kier alpha value is -2.72. The predicted octanol–water partition coefficient (Wildman–Crippen LogP) is 2.54. The number of carbonyl (C=O) groups excluding carboxylic acids is 1. The first-order chi connectivity index (χ1) is 15.9. The van der Waals surface area contributed by atoms with Gasteiger partial charge >= 0.3 is 0 Å². The van der Waals surface area contributed by atoms with Gasteiger partial charge in [0.25, 0.3) is 0 Å². The third-order valence-electron chi connectivity index (χ3n) is 5.95. The van der Waals surface area contributed by atoms with Crippen LogP contribution in [0.15, 0.2) is 59.6 Å². The Morgan fingerprint density at radius 1 is 1.03 bits per heavy atom. The van der Waals surface area contributed by atoms with Gasteiger partial charge in [-0.25, -0.2) is 8.42 Å². The Morgan fingerprint density at radius 2 is 1.76 bits per heavy atom. The average molecular weight is 471 g/mol. The molecular weight excluding hydrogens is 440 g/mol. The first-order valence-corrected chi connectivity index (χ1v) is 12.5. The molecule has 1 saturated heterocycles. The molecule has 0 bridgehead atoms. The van der Waals surface area contributed by atoms with Gasteiger partial charge in [-0.1, -0.05) is 17.7 Å².